The quantitative estimate of drug-likeness (QED) is 0.687. The van der Waals surface area contributed by atoms with E-state index in [0.717, 1.165) is 29.8 Å². The normalized spacial score (nSPS) is 16.2. The molecule has 1 aliphatic rings. The van der Waals surface area contributed by atoms with Crippen molar-refractivity contribution in [2.75, 3.05) is 13.1 Å². The van der Waals surface area contributed by atoms with Gasteiger partial charge in [0, 0.05) is 25.1 Å². The molecule has 3 aromatic rings. The van der Waals surface area contributed by atoms with Crippen molar-refractivity contribution in [1.29, 1.82) is 0 Å². The Morgan fingerprint density at radius 3 is 2.75 bits per heavy atom. The summed E-state index contributed by atoms with van der Waals surface area (Å²) in [5.41, 5.74) is 1.72. The minimum Gasteiger partial charge on any atom is -0.465 e. The fourth-order valence-corrected chi connectivity index (χ4v) is 3.06. The van der Waals surface area contributed by atoms with E-state index in [1.165, 1.54) is 0 Å². The maximum absolute atomic E-state index is 12.2. The molecule has 1 aliphatic heterocycles. The molecule has 122 valence electrons. The lowest BCUT2D eigenvalue weighted by molar-refractivity contribution is -0.127. The van der Waals surface area contributed by atoms with Crippen LogP contribution in [0.5, 0.6) is 0 Å². The molecule has 5 nitrogen and oxygen atoms in total. The van der Waals surface area contributed by atoms with Crippen LogP contribution < -0.4 is 0 Å². The number of amides is 1. The first-order valence-electron chi connectivity index (χ1n) is 8.15. The molecule has 3 heterocycles. The van der Waals surface area contributed by atoms with Gasteiger partial charge in [0.05, 0.1) is 6.26 Å². The highest BCUT2D eigenvalue weighted by atomic mass is 16.3. The van der Waals surface area contributed by atoms with Gasteiger partial charge in [0.15, 0.2) is 11.5 Å². The summed E-state index contributed by atoms with van der Waals surface area (Å²) >= 11 is 0. The number of aromatic nitrogens is 1. The highest BCUT2D eigenvalue weighted by molar-refractivity contribution is 5.91. The Labute approximate surface area is 139 Å². The molecule has 1 amide bonds. The summed E-state index contributed by atoms with van der Waals surface area (Å²) in [6, 6.07) is 11.4. The van der Waals surface area contributed by atoms with Gasteiger partial charge in [0.1, 0.15) is 11.3 Å². The highest BCUT2D eigenvalue weighted by Gasteiger charge is 2.26. The van der Waals surface area contributed by atoms with Gasteiger partial charge in [-0.3, -0.25) is 4.79 Å². The maximum atomic E-state index is 12.2. The van der Waals surface area contributed by atoms with Gasteiger partial charge in [-0.1, -0.05) is 12.1 Å². The number of furan rings is 1. The lowest BCUT2D eigenvalue weighted by atomic mass is 9.97. The van der Waals surface area contributed by atoms with Crippen molar-refractivity contribution in [1.82, 2.24) is 9.88 Å². The van der Waals surface area contributed by atoms with E-state index in [1.807, 2.05) is 35.2 Å². The SMILES string of the molecule is O=C(C=Cc1ccco1)N1CCC(c2nc3ccccc3o2)CC1. The second-order valence-electron chi connectivity index (χ2n) is 5.97. The number of likely N-dealkylation sites (tertiary alicyclic amines) is 1. The Hall–Kier alpha value is -2.82. The number of hydrogen-bond acceptors (Lipinski definition) is 4. The number of fused-ring (bicyclic) bond motifs is 1. The van der Waals surface area contributed by atoms with Gasteiger partial charge >= 0.3 is 0 Å². The van der Waals surface area contributed by atoms with Gasteiger partial charge in [-0.25, -0.2) is 4.98 Å². The molecule has 0 spiro atoms. The average molecular weight is 322 g/mol. The van der Waals surface area contributed by atoms with E-state index < -0.39 is 0 Å². The second kappa shape index (κ2) is 6.35. The average Bonchev–Trinajstić information content (AvgIpc) is 3.29. The predicted octanol–water partition coefficient (Wildman–Crippen LogP) is 3.84. The molecule has 0 unspecified atom stereocenters. The molecular formula is C19H18N2O3. The Kier molecular flexibility index (Phi) is 3.91. The van der Waals surface area contributed by atoms with E-state index in [0.29, 0.717) is 18.8 Å². The molecule has 1 saturated heterocycles. The first-order chi connectivity index (χ1) is 11.8. The van der Waals surface area contributed by atoms with Gasteiger partial charge in [0.2, 0.25) is 5.91 Å². The summed E-state index contributed by atoms with van der Waals surface area (Å²) in [4.78, 5) is 18.7. The molecule has 0 N–H and O–H groups in total. The number of carbonyl (C=O) groups is 1. The standard InChI is InChI=1S/C19H18N2O3/c22-18(8-7-15-4-3-13-23-15)21-11-9-14(10-12-21)19-20-16-5-1-2-6-17(16)24-19/h1-8,13-14H,9-12H2. The summed E-state index contributed by atoms with van der Waals surface area (Å²) in [5, 5.41) is 0. The van der Waals surface area contributed by atoms with Gasteiger partial charge in [-0.15, -0.1) is 0 Å². The predicted molar refractivity (Wildman–Crippen MR) is 90.3 cm³/mol. The Bertz CT molecular complexity index is 823. The van der Waals surface area contributed by atoms with E-state index in [1.54, 1.807) is 24.5 Å². The Morgan fingerprint density at radius 1 is 1.17 bits per heavy atom. The third kappa shape index (κ3) is 2.97. The summed E-state index contributed by atoms with van der Waals surface area (Å²) in [6.45, 7) is 1.43. The summed E-state index contributed by atoms with van der Waals surface area (Å²) in [5.74, 6) is 1.76. The summed E-state index contributed by atoms with van der Waals surface area (Å²) < 4.78 is 11.1. The number of oxazole rings is 1. The molecule has 5 heteroatoms. The van der Waals surface area contributed by atoms with Crippen LogP contribution in [0.25, 0.3) is 17.2 Å². The van der Waals surface area contributed by atoms with Crippen molar-refractivity contribution < 1.29 is 13.6 Å². The van der Waals surface area contributed by atoms with Crippen LogP contribution in [0.3, 0.4) is 0 Å². The zero-order valence-electron chi connectivity index (χ0n) is 13.2. The van der Waals surface area contributed by atoms with Crippen molar-refractivity contribution in [3.8, 4) is 0 Å². The van der Waals surface area contributed by atoms with E-state index in [9.17, 15) is 4.79 Å². The highest BCUT2D eigenvalue weighted by Crippen LogP contribution is 2.29. The third-order valence-corrected chi connectivity index (χ3v) is 4.40. The number of carbonyl (C=O) groups excluding carboxylic acids is 1. The van der Waals surface area contributed by atoms with Gasteiger partial charge < -0.3 is 13.7 Å². The van der Waals surface area contributed by atoms with Crippen molar-refractivity contribution in [3.63, 3.8) is 0 Å². The monoisotopic (exact) mass is 322 g/mol. The molecular weight excluding hydrogens is 304 g/mol. The molecule has 0 bridgehead atoms. The van der Waals surface area contributed by atoms with Crippen molar-refractivity contribution in [2.24, 2.45) is 0 Å². The largest absolute Gasteiger partial charge is 0.465 e. The third-order valence-electron chi connectivity index (χ3n) is 4.40. The number of para-hydroxylation sites is 2. The number of benzene rings is 1. The lowest BCUT2D eigenvalue weighted by Gasteiger charge is -2.29. The maximum Gasteiger partial charge on any atom is 0.246 e. The van der Waals surface area contributed by atoms with Crippen LogP contribution in [0.15, 0.2) is 57.6 Å². The smallest absolute Gasteiger partial charge is 0.246 e. The Morgan fingerprint density at radius 2 is 2.00 bits per heavy atom. The van der Waals surface area contributed by atoms with Crippen LogP contribution >= 0.6 is 0 Å². The molecule has 1 fully saturated rings. The van der Waals surface area contributed by atoms with E-state index in [2.05, 4.69) is 4.98 Å². The minimum atomic E-state index is 0.0161. The van der Waals surface area contributed by atoms with E-state index >= 15 is 0 Å². The zero-order chi connectivity index (χ0) is 16.4. The first-order valence-corrected chi connectivity index (χ1v) is 8.15. The van der Waals surface area contributed by atoms with Crippen molar-refractivity contribution >= 4 is 23.1 Å². The van der Waals surface area contributed by atoms with Crippen molar-refractivity contribution in [2.45, 2.75) is 18.8 Å². The van der Waals surface area contributed by atoms with Crippen LogP contribution in [-0.4, -0.2) is 28.9 Å². The first kappa shape index (κ1) is 14.8. The van der Waals surface area contributed by atoms with Gasteiger partial charge in [-0.2, -0.15) is 0 Å². The molecule has 0 aliphatic carbocycles. The van der Waals surface area contributed by atoms with E-state index in [-0.39, 0.29) is 11.8 Å². The number of rotatable bonds is 3. The van der Waals surface area contributed by atoms with Gasteiger partial charge in [-0.05, 0) is 43.2 Å². The van der Waals surface area contributed by atoms with Crippen LogP contribution in [0, 0.1) is 0 Å². The number of hydrogen-bond donors (Lipinski definition) is 0. The van der Waals surface area contributed by atoms with E-state index in [4.69, 9.17) is 8.83 Å². The zero-order valence-corrected chi connectivity index (χ0v) is 13.2. The Balaban J connectivity index is 1.38. The topological polar surface area (TPSA) is 59.5 Å². The van der Waals surface area contributed by atoms with Crippen molar-refractivity contribution in [3.05, 3.63) is 60.4 Å². The minimum absolute atomic E-state index is 0.0161. The molecule has 1 aromatic carbocycles. The molecule has 4 rings (SSSR count). The fourth-order valence-electron chi connectivity index (χ4n) is 3.06. The van der Waals surface area contributed by atoms with Crippen LogP contribution in [-0.2, 0) is 4.79 Å². The second-order valence-corrected chi connectivity index (χ2v) is 5.97. The summed E-state index contributed by atoms with van der Waals surface area (Å²) in [6.07, 6.45) is 6.60. The van der Waals surface area contributed by atoms with Crippen LogP contribution in [0.2, 0.25) is 0 Å². The molecule has 2 aromatic heterocycles. The number of piperidine rings is 1. The molecule has 0 radical (unpaired) electrons. The number of nitrogens with zero attached hydrogens (tertiary/aromatic N) is 2. The summed E-state index contributed by atoms with van der Waals surface area (Å²) in [7, 11) is 0. The molecule has 24 heavy (non-hydrogen) atoms. The molecule has 0 atom stereocenters. The fraction of sp³-hybridized carbons (Fsp3) is 0.263. The van der Waals surface area contributed by atoms with Crippen LogP contribution in [0.1, 0.15) is 30.4 Å². The van der Waals surface area contributed by atoms with Crippen LogP contribution in [0.4, 0.5) is 0 Å². The van der Waals surface area contributed by atoms with Gasteiger partial charge in [0.25, 0.3) is 0 Å². The lowest BCUT2D eigenvalue weighted by Crippen LogP contribution is -2.36. The molecule has 0 saturated carbocycles.